The summed E-state index contributed by atoms with van der Waals surface area (Å²) in [4.78, 5) is 16.9. The van der Waals surface area contributed by atoms with E-state index in [1.165, 1.54) is 41.0 Å². The number of benzene rings is 1. The van der Waals surface area contributed by atoms with Gasteiger partial charge < -0.3 is 14.8 Å². The molecule has 0 atom stereocenters. The molecule has 0 aliphatic carbocycles. The predicted molar refractivity (Wildman–Crippen MR) is 86.3 cm³/mol. The smallest absolute Gasteiger partial charge is 0.387 e. The number of alkyl halides is 2. The fraction of sp³-hybridized carbons (Fsp3) is 0.200. The molecular formula is C15H13F2N3O3S. The van der Waals surface area contributed by atoms with Crippen molar-refractivity contribution in [3.05, 3.63) is 51.9 Å². The van der Waals surface area contributed by atoms with E-state index in [1.807, 2.05) is 0 Å². The van der Waals surface area contributed by atoms with Gasteiger partial charge in [0, 0.05) is 29.4 Å². The van der Waals surface area contributed by atoms with Gasteiger partial charge in [-0.3, -0.25) is 9.20 Å². The molecular weight excluding hydrogens is 340 g/mol. The van der Waals surface area contributed by atoms with Crippen molar-refractivity contribution < 1.29 is 18.3 Å². The second-order valence-corrected chi connectivity index (χ2v) is 5.61. The van der Waals surface area contributed by atoms with Gasteiger partial charge in [-0.25, -0.2) is 4.98 Å². The van der Waals surface area contributed by atoms with Crippen LogP contribution in [0.1, 0.15) is 5.69 Å². The van der Waals surface area contributed by atoms with Crippen LogP contribution in [0.3, 0.4) is 0 Å². The summed E-state index contributed by atoms with van der Waals surface area (Å²) in [7, 11) is 1.37. The standard InChI is InChI=1S/C15H13F2N3O3S/c1-22-11-3-2-9(6-12(11)23-14(16)17)18-8-10-7-13(21)20-4-5-24-15(20)19-10/h2-7,14,18H,8H2,1H3. The second kappa shape index (κ2) is 6.83. The zero-order chi connectivity index (χ0) is 17.1. The Bertz CT molecular complexity index is 910. The summed E-state index contributed by atoms with van der Waals surface area (Å²) >= 11 is 1.36. The number of anilines is 1. The summed E-state index contributed by atoms with van der Waals surface area (Å²) in [6, 6.07) is 6.01. The number of nitrogens with zero attached hydrogens (tertiary/aromatic N) is 2. The molecule has 3 aromatic rings. The second-order valence-electron chi connectivity index (χ2n) is 4.74. The van der Waals surface area contributed by atoms with Gasteiger partial charge >= 0.3 is 6.61 Å². The number of halogens is 2. The van der Waals surface area contributed by atoms with E-state index in [0.29, 0.717) is 16.3 Å². The van der Waals surface area contributed by atoms with Crippen LogP contribution in [0.15, 0.2) is 40.6 Å². The van der Waals surface area contributed by atoms with Crippen molar-refractivity contribution in [1.29, 1.82) is 0 Å². The van der Waals surface area contributed by atoms with Crippen molar-refractivity contribution in [3.63, 3.8) is 0 Å². The van der Waals surface area contributed by atoms with Crippen molar-refractivity contribution in [2.75, 3.05) is 12.4 Å². The molecule has 24 heavy (non-hydrogen) atoms. The third-order valence-electron chi connectivity index (χ3n) is 3.21. The Hall–Kier alpha value is -2.68. The maximum Gasteiger partial charge on any atom is 0.387 e. The first kappa shape index (κ1) is 16.2. The average molecular weight is 353 g/mol. The van der Waals surface area contributed by atoms with Gasteiger partial charge in [0.15, 0.2) is 16.5 Å². The summed E-state index contributed by atoms with van der Waals surface area (Å²) in [5.74, 6) is 0.136. The van der Waals surface area contributed by atoms with Gasteiger partial charge in [-0.1, -0.05) is 0 Å². The molecule has 126 valence electrons. The normalized spacial score (nSPS) is 11.0. The molecule has 3 rings (SSSR count). The van der Waals surface area contributed by atoms with Crippen LogP contribution in [0.4, 0.5) is 14.5 Å². The van der Waals surface area contributed by atoms with E-state index in [0.717, 1.165) is 0 Å². The van der Waals surface area contributed by atoms with Crippen molar-refractivity contribution in [2.24, 2.45) is 0 Å². The van der Waals surface area contributed by atoms with Gasteiger partial charge in [-0.05, 0) is 12.1 Å². The monoisotopic (exact) mass is 353 g/mol. The first-order chi connectivity index (χ1) is 11.6. The largest absolute Gasteiger partial charge is 0.493 e. The van der Waals surface area contributed by atoms with E-state index in [2.05, 4.69) is 15.0 Å². The van der Waals surface area contributed by atoms with E-state index >= 15 is 0 Å². The van der Waals surface area contributed by atoms with Crippen molar-refractivity contribution >= 4 is 22.0 Å². The molecule has 0 aliphatic rings. The summed E-state index contributed by atoms with van der Waals surface area (Å²) in [6.45, 7) is -2.68. The van der Waals surface area contributed by atoms with Crippen molar-refractivity contribution in [1.82, 2.24) is 9.38 Å². The lowest BCUT2D eigenvalue weighted by atomic mass is 10.2. The van der Waals surface area contributed by atoms with Gasteiger partial charge in [-0.15, -0.1) is 11.3 Å². The highest BCUT2D eigenvalue weighted by atomic mass is 32.1. The van der Waals surface area contributed by atoms with Gasteiger partial charge in [0.05, 0.1) is 19.3 Å². The molecule has 0 bridgehead atoms. The zero-order valence-corrected chi connectivity index (χ0v) is 13.3. The third kappa shape index (κ3) is 3.46. The molecule has 1 N–H and O–H groups in total. The highest BCUT2D eigenvalue weighted by molar-refractivity contribution is 7.15. The number of hydrogen-bond donors (Lipinski definition) is 1. The zero-order valence-electron chi connectivity index (χ0n) is 12.5. The van der Waals surface area contributed by atoms with E-state index in [1.54, 1.807) is 17.6 Å². The molecule has 0 radical (unpaired) electrons. The van der Waals surface area contributed by atoms with E-state index in [-0.39, 0.29) is 23.6 Å². The highest BCUT2D eigenvalue weighted by Gasteiger charge is 2.11. The Morgan fingerprint density at radius 3 is 2.92 bits per heavy atom. The first-order valence-corrected chi connectivity index (χ1v) is 7.77. The van der Waals surface area contributed by atoms with Crippen molar-refractivity contribution in [2.45, 2.75) is 13.2 Å². The summed E-state index contributed by atoms with van der Waals surface area (Å²) in [5, 5.41) is 4.80. The average Bonchev–Trinajstić information content (AvgIpc) is 3.01. The number of methoxy groups -OCH3 is 1. The van der Waals surface area contributed by atoms with Gasteiger partial charge in [-0.2, -0.15) is 8.78 Å². The minimum absolute atomic E-state index is 0.0702. The fourth-order valence-corrected chi connectivity index (χ4v) is 2.88. The molecule has 0 unspecified atom stereocenters. The molecule has 0 saturated heterocycles. The Morgan fingerprint density at radius 1 is 1.33 bits per heavy atom. The third-order valence-corrected chi connectivity index (χ3v) is 3.97. The lowest BCUT2D eigenvalue weighted by molar-refractivity contribution is -0.0511. The molecule has 0 amide bonds. The van der Waals surface area contributed by atoms with E-state index in [4.69, 9.17) is 4.74 Å². The molecule has 0 aliphatic heterocycles. The van der Waals surface area contributed by atoms with Gasteiger partial charge in [0.2, 0.25) is 0 Å². The van der Waals surface area contributed by atoms with Crippen LogP contribution in [-0.2, 0) is 6.54 Å². The van der Waals surface area contributed by atoms with Crippen LogP contribution in [0.25, 0.3) is 4.96 Å². The number of thiazole rings is 1. The first-order valence-electron chi connectivity index (χ1n) is 6.89. The molecule has 9 heteroatoms. The Kier molecular flexibility index (Phi) is 4.61. The summed E-state index contributed by atoms with van der Waals surface area (Å²) in [6.07, 6.45) is 1.66. The fourth-order valence-electron chi connectivity index (χ4n) is 2.15. The number of ether oxygens (including phenoxy) is 2. The summed E-state index contributed by atoms with van der Waals surface area (Å²) < 4.78 is 35.7. The molecule has 2 aromatic heterocycles. The van der Waals surface area contributed by atoms with Crippen LogP contribution in [-0.4, -0.2) is 23.1 Å². The number of hydrogen-bond acceptors (Lipinski definition) is 6. The maximum atomic E-state index is 12.4. The minimum atomic E-state index is -2.95. The van der Waals surface area contributed by atoms with Gasteiger partial charge in [0.1, 0.15) is 0 Å². The highest BCUT2D eigenvalue weighted by Crippen LogP contribution is 2.31. The predicted octanol–water partition coefficient (Wildman–Crippen LogP) is 2.98. The molecule has 6 nitrogen and oxygen atoms in total. The van der Waals surface area contributed by atoms with Crippen LogP contribution >= 0.6 is 11.3 Å². The molecule has 1 aromatic carbocycles. The molecule has 0 spiro atoms. The topological polar surface area (TPSA) is 64.9 Å². The van der Waals surface area contributed by atoms with Gasteiger partial charge in [0.25, 0.3) is 5.56 Å². The molecule has 0 fully saturated rings. The Balaban J connectivity index is 1.79. The number of fused-ring (bicyclic) bond motifs is 1. The van der Waals surface area contributed by atoms with E-state index in [9.17, 15) is 13.6 Å². The SMILES string of the molecule is COc1ccc(NCc2cc(=O)n3ccsc3n2)cc1OC(F)F. The van der Waals surface area contributed by atoms with Crippen LogP contribution < -0.4 is 20.3 Å². The quantitative estimate of drug-likeness (QED) is 0.738. The van der Waals surface area contributed by atoms with Crippen LogP contribution in [0.5, 0.6) is 11.5 Å². The lowest BCUT2D eigenvalue weighted by Crippen LogP contribution is -2.14. The van der Waals surface area contributed by atoms with Crippen LogP contribution in [0.2, 0.25) is 0 Å². The maximum absolute atomic E-state index is 12.4. The number of nitrogens with one attached hydrogen (secondary N) is 1. The molecule has 2 heterocycles. The minimum Gasteiger partial charge on any atom is -0.493 e. The molecule has 0 saturated carbocycles. The van der Waals surface area contributed by atoms with Crippen molar-refractivity contribution in [3.8, 4) is 11.5 Å². The van der Waals surface area contributed by atoms with E-state index < -0.39 is 6.61 Å². The Morgan fingerprint density at radius 2 is 2.17 bits per heavy atom. The van der Waals surface area contributed by atoms with Crippen LogP contribution in [0, 0.1) is 0 Å². The Labute approximate surface area is 139 Å². The number of rotatable bonds is 6. The summed E-state index contributed by atoms with van der Waals surface area (Å²) in [5.41, 5.74) is 0.920. The number of aromatic nitrogens is 2. The lowest BCUT2D eigenvalue weighted by Gasteiger charge is -2.12.